The van der Waals surface area contributed by atoms with Crippen molar-refractivity contribution in [2.75, 3.05) is 0 Å². The number of piperidine rings is 1. The first-order valence-electron chi connectivity index (χ1n) is 6.82. The van der Waals surface area contributed by atoms with Crippen LogP contribution in [0, 0.1) is 6.92 Å². The van der Waals surface area contributed by atoms with Crippen LogP contribution in [0.15, 0.2) is 18.2 Å². The number of carbonyl (C=O) groups is 1. The highest BCUT2D eigenvalue weighted by Crippen LogP contribution is 2.38. The molecule has 19 heavy (non-hydrogen) atoms. The Morgan fingerprint density at radius 1 is 1.32 bits per heavy atom. The Morgan fingerprint density at radius 2 is 1.95 bits per heavy atom. The standard InChI is InChI=1S/C15H18ClNO2/c1-9-6-10(2-5-14(9)18)15(19)17-12-3-4-13(17)8-11(16)7-12/h2,5-6,11-13,18H,3-4,7-8H2,1H3. The summed E-state index contributed by atoms with van der Waals surface area (Å²) in [5.41, 5.74) is 1.41. The zero-order chi connectivity index (χ0) is 13.6. The minimum atomic E-state index is 0.0826. The second-order valence-corrected chi connectivity index (χ2v) is 6.28. The van der Waals surface area contributed by atoms with E-state index in [1.165, 1.54) is 0 Å². The van der Waals surface area contributed by atoms with E-state index in [-0.39, 0.29) is 17.0 Å². The number of halogens is 1. The SMILES string of the molecule is Cc1cc(C(=O)N2C3CCC2CC(Cl)C3)ccc1O. The molecule has 3 nitrogen and oxygen atoms in total. The number of alkyl halides is 1. The Balaban J connectivity index is 1.86. The molecule has 3 rings (SSSR count). The molecular formula is C15H18ClNO2. The van der Waals surface area contributed by atoms with Crippen LogP contribution in [-0.4, -0.2) is 33.4 Å². The molecule has 4 heteroatoms. The van der Waals surface area contributed by atoms with Gasteiger partial charge in [-0.15, -0.1) is 11.6 Å². The summed E-state index contributed by atoms with van der Waals surface area (Å²) in [4.78, 5) is 14.7. The zero-order valence-corrected chi connectivity index (χ0v) is 11.7. The fourth-order valence-electron chi connectivity index (χ4n) is 3.38. The molecule has 102 valence electrons. The second-order valence-electron chi connectivity index (χ2n) is 5.67. The minimum absolute atomic E-state index is 0.0826. The van der Waals surface area contributed by atoms with Gasteiger partial charge in [-0.3, -0.25) is 4.79 Å². The van der Waals surface area contributed by atoms with Gasteiger partial charge in [0.2, 0.25) is 0 Å². The van der Waals surface area contributed by atoms with Gasteiger partial charge in [-0.2, -0.15) is 0 Å². The third-order valence-corrected chi connectivity index (χ3v) is 4.71. The van der Waals surface area contributed by atoms with Crippen LogP contribution in [0.25, 0.3) is 0 Å². The Morgan fingerprint density at radius 3 is 2.53 bits per heavy atom. The molecule has 0 saturated carbocycles. The first-order chi connectivity index (χ1) is 9.06. The smallest absolute Gasteiger partial charge is 0.254 e. The van der Waals surface area contributed by atoms with E-state index in [1.807, 2.05) is 11.8 Å². The lowest BCUT2D eigenvalue weighted by atomic mass is 10.0. The molecule has 1 aromatic carbocycles. The highest BCUT2D eigenvalue weighted by Gasteiger charge is 2.42. The lowest BCUT2D eigenvalue weighted by Crippen LogP contribution is -2.46. The fraction of sp³-hybridized carbons (Fsp3) is 0.533. The van der Waals surface area contributed by atoms with Crippen LogP contribution in [0.4, 0.5) is 0 Å². The van der Waals surface area contributed by atoms with Crippen molar-refractivity contribution in [3.8, 4) is 5.75 Å². The lowest BCUT2D eigenvalue weighted by Gasteiger charge is -2.37. The highest BCUT2D eigenvalue weighted by atomic mass is 35.5. The molecule has 1 amide bonds. The van der Waals surface area contributed by atoms with Gasteiger partial charge in [-0.25, -0.2) is 0 Å². The van der Waals surface area contributed by atoms with E-state index in [1.54, 1.807) is 18.2 Å². The van der Waals surface area contributed by atoms with E-state index in [0.717, 1.165) is 31.2 Å². The molecule has 2 bridgehead atoms. The first kappa shape index (κ1) is 12.8. The molecule has 2 heterocycles. The molecule has 2 unspecified atom stereocenters. The number of benzene rings is 1. The van der Waals surface area contributed by atoms with Gasteiger partial charge in [0.25, 0.3) is 5.91 Å². The van der Waals surface area contributed by atoms with Crippen molar-refractivity contribution in [3.63, 3.8) is 0 Å². The predicted molar refractivity (Wildman–Crippen MR) is 74.7 cm³/mol. The molecule has 1 N–H and O–H groups in total. The third kappa shape index (κ3) is 2.20. The van der Waals surface area contributed by atoms with Crippen LogP contribution < -0.4 is 0 Å². The molecule has 2 aliphatic rings. The Labute approximate surface area is 118 Å². The molecule has 0 spiro atoms. The number of phenolic OH excluding ortho intramolecular Hbond substituents is 1. The Hall–Kier alpha value is -1.22. The number of fused-ring (bicyclic) bond motifs is 2. The van der Waals surface area contributed by atoms with Gasteiger partial charge in [0.05, 0.1) is 0 Å². The normalized spacial score (nSPS) is 29.6. The monoisotopic (exact) mass is 279 g/mol. The van der Waals surface area contributed by atoms with Crippen LogP contribution in [0.2, 0.25) is 0 Å². The predicted octanol–water partition coefficient (Wildman–Crippen LogP) is 3.08. The number of carbonyl (C=O) groups excluding carboxylic acids is 1. The average molecular weight is 280 g/mol. The summed E-state index contributed by atoms with van der Waals surface area (Å²) in [5.74, 6) is 0.318. The van der Waals surface area contributed by atoms with Crippen molar-refractivity contribution >= 4 is 17.5 Å². The molecule has 2 atom stereocenters. The van der Waals surface area contributed by atoms with Gasteiger partial charge in [0.1, 0.15) is 5.75 Å². The number of amides is 1. The van der Waals surface area contributed by atoms with Gasteiger partial charge in [-0.05, 0) is 56.4 Å². The van der Waals surface area contributed by atoms with Crippen LogP contribution in [0.3, 0.4) is 0 Å². The summed E-state index contributed by atoms with van der Waals surface area (Å²) < 4.78 is 0. The van der Waals surface area contributed by atoms with Crippen molar-refractivity contribution in [2.45, 2.75) is 50.1 Å². The molecular weight excluding hydrogens is 262 g/mol. The number of nitrogens with zero attached hydrogens (tertiary/aromatic N) is 1. The van der Waals surface area contributed by atoms with E-state index in [4.69, 9.17) is 11.6 Å². The lowest BCUT2D eigenvalue weighted by molar-refractivity contribution is 0.0599. The van der Waals surface area contributed by atoms with E-state index in [2.05, 4.69) is 0 Å². The second kappa shape index (κ2) is 4.71. The van der Waals surface area contributed by atoms with Crippen molar-refractivity contribution in [3.05, 3.63) is 29.3 Å². The van der Waals surface area contributed by atoms with E-state index in [0.29, 0.717) is 17.6 Å². The molecule has 0 aromatic heterocycles. The molecule has 2 fully saturated rings. The topological polar surface area (TPSA) is 40.5 Å². The number of aryl methyl sites for hydroxylation is 1. The summed E-state index contributed by atoms with van der Waals surface area (Å²) in [7, 11) is 0. The summed E-state index contributed by atoms with van der Waals surface area (Å²) in [5, 5.41) is 9.76. The number of rotatable bonds is 1. The van der Waals surface area contributed by atoms with Crippen molar-refractivity contribution in [1.82, 2.24) is 4.90 Å². The average Bonchev–Trinajstić information content (AvgIpc) is 2.64. The maximum absolute atomic E-state index is 12.6. The van der Waals surface area contributed by atoms with Gasteiger partial charge in [-0.1, -0.05) is 0 Å². The third-order valence-electron chi connectivity index (χ3n) is 4.35. The van der Waals surface area contributed by atoms with E-state index >= 15 is 0 Å². The van der Waals surface area contributed by atoms with Gasteiger partial charge in [0, 0.05) is 23.0 Å². The summed E-state index contributed by atoms with van der Waals surface area (Å²) in [6.45, 7) is 1.81. The van der Waals surface area contributed by atoms with E-state index < -0.39 is 0 Å². The summed E-state index contributed by atoms with van der Waals surface area (Å²) in [6.07, 6.45) is 3.94. The van der Waals surface area contributed by atoms with E-state index in [9.17, 15) is 9.90 Å². The maximum Gasteiger partial charge on any atom is 0.254 e. The zero-order valence-electron chi connectivity index (χ0n) is 11.0. The summed E-state index contributed by atoms with van der Waals surface area (Å²) >= 11 is 6.24. The van der Waals surface area contributed by atoms with Crippen molar-refractivity contribution < 1.29 is 9.90 Å². The Kier molecular flexibility index (Phi) is 3.17. The van der Waals surface area contributed by atoms with Crippen LogP contribution in [0.1, 0.15) is 41.6 Å². The van der Waals surface area contributed by atoms with Gasteiger partial charge < -0.3 is 10.0 Å². The molecule has 0 aliphatic carbocycles. The van der Waals surface area contributed by atoms with Gasteiger partial charge >= 0.3 is 0 Å². The summed E-state index contributed by atoms with van der Waals surface area (Å²) in [6, 6.07) is 5.66. The number of hydrogen-bond donors (Lipinski definition) is 1. The van der Waals surface area contributed by atoms with Crippen molar-refractivity contribution in [1.29, 1.82) is 0 Å². The number of phenols is 1. The van der Waals surface area contributed by atoms with Crippen LogP contribution >= 0.6 is 11.6 Å². The number of hydrogen-bond acceptors (Lipinski definition) is 2. The van der Waals surface area contributed by atoms with Crippen LogP contribution in [-0.2, 0) is 0 Å². The van der Waals surface area contributed by atoms with Gasteiger partial charge in [0.15, 0.2) is 0 Å². The quantitative estimate of drug-likeness (QED) is 0.803. The minimum Gasteiger partial charge on any atom is -0.508 e. The Bertz CT molecular complexity index is 503. The van der Waals surface area contributed by atoms with Crippen LogP contribution in [0.5, 0.6) is 5.75 Å². The first-order valence-corrected chi connectivity index (χ1v) is 7.26. The number of aromatic hydroxyl groups is 1. The highest BCUT2D eigenvalue weighted by molar-refractivity contribution is 6.20. The molecule has 1 aromatic rings. The molecule has 2 saturated heterocycles. The molecule has 2 aliphatic heterocycles. The van der Waals surface area contributed by atoms with Crippen molar-refractivity contribution in [2.24, 2.45) is 0 Å². The molecule has 0 radical (unpaired) electrons. The maximum atomic E-state index is 12.6. The fourth-order valence-corrected chi connectivity index (χ4v) is 3.79. The largest absolute Gasteiger partial charge is 0.508 e.